The molecule has 0 radical (unpaired) electrons. The van der Waals surface area contributed by atoms with Gasteiger partial charge in [0.2, 0.25) is 0 Å². The van der Waals surface area contributed by atoms with E-state index in [-0.39, 0.29) is 18.6 Å². The van der Waals surface area contributed by atoms with Gasteiger partial charge in [0, 0.05) is 13.1 Å². The molecule has 0 aliphatic rings. The number of urea groups is 1. The number of hydrogen-bond donors (Lipinski definition) is 3. The average molecular weight is 312 g/mol. The Hall–Kier alpha value is -2.33. The Morgan fingerprint density at radius 3 is 2.35 bits per heavy atom. The zero-order valence-corrected chi connectivity index (χ0v) is 13.7. The molecule has 0 aromatic heterocycles. The fourth-order valence-corrected chi connectivity index (χ4v) is 2.38. The molecule has 0 aliphatic carbocycles. The van der Waals surface area contributed by atoms with Crippen LogP contribution in [0, 0.1) is 6.92 Å². The summed E-state index contributed by atoms with van der Waals surface area (Å²) in [6.07, 6.45) is 0. The number of benzene rings is 2. The smallest absolute Gasteiger partial charge is 0.315 e. The first kappa shape index (κ1) is 17.0. The topological polar surface area (TPSA) is 61.4 Å². The lowest BCUT2D eigenvalue weighted by atomic mass is 10.0. The molecule has 0 saturated heterocycles. The van der Waals surface area contributed by atoms with Crippen LogP contribution >= 0.6 is 0 Å². The normalized spacial score (nSPS) is 11.8. The van der Waals surface area contributed by atoms with Crippen LogP contribution in [-0.2, 0) is 13.2 Å². The van der Waals surface area contributed by atoms with Crippen molar-refractivity contribution >= 4 is 6.03 Å². The quantitative estimate of drug-likeness (QED) is 0.767. The number of amides is 2. The summed E-state index contributed by atoms with van der Waals surface area (Å²) in [4.78, 5) is 11.9. The van der Waals surface area contributed by atoms with Crippen molar-refractivity contribution in [3.63, 3.8) is 0 Å². The molecular weight excluding hydrogens is 288 g/mol. The number of carbonyl (C=O) groups is 1. The predicted octanol–water partition coefficient (Wildman–Crippen LogP) is 3.09. The molecule has 2 aromatic rings. The molecule has 3 N–H and O–H groups in total. The second-order valence-electron chi connectivity index (χ2n) is 5.80. The van der Waals surface area contributed by atoms with Gasteiger partial charge in [0.15, 0.2) is 0 Å². The number of aliphatic hydroxyl groups is 1. The highest BCUT2D eigenvalue weighted by molar-refractivity contribution is 5.73. The van der Waals surface area contributed by atoms with Crippen LogP contribution in [0.2, 0.25) is 0 Å². The second kappa shape index (κ2) is 8.34. The molecule has 1 atom stereocenters. The van der Waals surface area contributed by atoms with E-state index in [4.69, 9.17) is 0 Å². The van der Waals surface area contributed by atoms with Gasteiger partial charge in [-0.1, -0.05) is 61.0 Å². The first-order valence-electron chi connectivity index (χ1n) is 7.86. The molecule has 0 heterocycles. The molecule has 2 aromatic carbocycles. The molecular formula is C19H24N2O2. The highest BCUT2D eigenvalue weighted by atomic mass is 16.3. The zero-order chi connectivity index (χ0) is 16.7. The van der Waals surface area contributed by atoms with E-state index in [9.17, 15) is 9.90 Å². The molecule has 0 spiro atoms. The number of carbonyl (C=O) groups excluding carboxylic acids is 1. The van der Waals surface area contributed by atoms with E-state index in [0.717, 1.165) is 11.1 Å². The fraction of sp³-hybridized carbons (Fsp3) is 0.316. The first-order valence-corrected chi connectivity index (χ1v) is 7.86. The van der Waals surface area contributed by atoms with Crippen LogP contribution in [-0.4, -0.2) is 17.7 Å². The molecule has 122 valence electrons. The summed E-state index contributed by atoms with van der Waals surface area (Å²) >= 11 is 0. The summed E-state index contributed by atoms with van der Waals surface area (Å²) in [7, 11) is 0. The van der Waals surface area contributed by atoms with Crippen LogP contribution in [0.15, 0.2) is 48.5 Å². The lowest BCUT2D eigenvalue weighted by Gasteiger charge is -2.14. The van der Waals surface area contributed by atoms with Crippen LogP contribution in [0.5, 0.6) is 0 Å². The SMILES string of the molecule is Cc1ccc(C(C)CNC(=O)NCc2ccccc2CO)cc1. The van der Waals surface area contributed by atoms with Gasteiger partial charge in [-0.3, -0.25) is 0 Å². The summed E-state index contributed by atoms with van der Waals surface area (Å²) in [5.74, 6) is 0.256. The number of rotatable bonds is 6. The Bertz CT molecular complexity index is 638. The lowest BCUT2D eigenvalue weighted by molar-refractivity contribution is 0.239. The third-order valence-electron chi connectivity index (χ3n) is 3.94. The van der Waals surface area contributed by atoms with Gasteiger partial charge in [-0.25, -0.2) is 4.79 Å². The highest BCUT2D eigenvalue weighted by Gasteiger charge is 2.08. The van der Waals surface area contributed by atoms with E-state index in [1.165, 1.54) is 11.1 Å². The average Bonchev–Trinajstić information content (AvgIpc) is 2.58. The van der Waals surface area contributed by atoms with E-state index in [2.05, 4.69) is 48.7 Å². The van der Waals surface area contributed by atoms with Crippen LogP contribution < -0.4 is 10.6 Å². The van der Waals surface area contributed by atoms with E-state index in [1.807, 2.05) is 24.3 Å². The number of nitrogens with one attached hydrogen (secondary N) is 2. The number of aliphatic hydroxyl groups excluding tert-OH is 1. The third kappa shape index (κ3) is 5.11. The summed E-state index contributed by atoms with van der Waals surface area (Å²) < 4.78 is 0. The minimum Gasteiger partial charge on any atom is -0.392 e. The van der Waals surface area contributed by atoms with Gasteiger partial charge in [0.1, 0.15) is 0 Å². The molecule has 0 aliphatic heterocycles. The maximum Gasteiger partial charge on any atom is 0.315 e. The Morgan fingerprint density at radius 2 is 1.70 bits per heavy atom. The Morgan fingerprint density at radius 1 is 1.04 bits per heavy atom. The van der Waals surface area contributed by atoms with Crippen molar-refractivity contribution in [3.05, 3.63) is 70.8 Å². The minimum absolute atomic E-state index is 0.0239. The Balaban J connectivity index is 1.80. The van der Waals surface area contributed by atoms with Gasteiger partial charge in [-0.15, -0.1) is 0 Å². The van der Waals surface area contributed by atoms with Crippen molar-refractivity contribution in [2.75, 3.05) is 6.54 Å². The Labute approximate surface area is 137 Å². The molecule has 0 saturated carbocycles. The number of aryl methyl sites for hydroxylation is 1. The molecule has 2 amide bonds. The van der Waals surface area contributed by atoms with Gasteiger partial charge >= 0.3 is 6.03 Å². The molecule has 2 rings (SSSR count). The van der Waals surface area contributed by atoms with Gasteiger partial charge in [-0.2, -0.15) is 0 Å². The molecule has 23 heavy (non-hydrogen) atoms. The maximum atomic E-state index is 11.9. The van der Waals surface area contributed by atoms with E-state index in [1.54, 1.807) is 0 Å². The first-order chi connectivity index (χ1) is 11.1. The van der Waals surface area contributed by atoms with E-state index < -0.39 is 0 Å². The monoisotopic (exact) mass is 312 g/mol. The predicted molar refractivity (Wildman–Crippen MR) is 92.2 cm³/mol. The van der Waals surface area contributed by atoms with Crippen molar-refractivity contribution in [1.29, 1.82) is 0 Å². The maximum absolute atomic E-state index is 11.9. The zero-order valence-electron chi connectivity index (χ0n) is 13.7. The standard InChI is InChI=1S/C19H24N2O2/c1-14-7-9-16(10-8-14)15(2)11-20-19(23)21-12-17-5-3-4-6-18(17)13-22/h3-10,15,22H,11-13H2,1-2H3,(H2,20,21,23). The van der Waals surface area contributed by atoms with Crippen molar-refractivity contribution in [1.82, 2.24) is 10.6 Å². The molecule has 4 heteroatoms. The van der Waals surface area contributed by atoms with Gasteiger partial charge in [-0.05, 0) is 29.5 Å². The van der Waals surface area contributed by atoms with Crippen LogP contribution in [0.1, 0.15) is 35.1 Å². The molecule has 1 unspecified atom stereocenters. The summed E-state index contributed by atoms with van der Waals surface area (Å²) in [5, 5.41) is 15.0. The van der Waals surface area contributed by atoms with Gasteiger partial charge in [0.25, 0.3) is 0 Å². The molecule has 0 bridgehead atoms. The van der Waals surface area contributed by atoms with Crippen molar-refractivity contribution in [2.45, 2.75) is 32.9 Å². The lowest BCUT2D eigenvalue weighted by Crippen LogP contribution is -2.37. The van der Waals surface area contributed by atoms with E-state index >= 15 is 0 Å². The van der Waals surface area contributed by atoms with Gasteiger partial charge < -0.3 is 15.7 Å². The van der Waals surface area contributed by atoms with Gasteiger partial charge in [0.05, 0.1) is 6.61 Å². The number of hydrogen-bond acceptors (Lipinski definition) is 2. The van der Waals surface area contributed by atoms with Crippen molar-refractivity contribution in [3.8, 4) is 0 Å². The molecule has 4 nitrogen and oxygen atoms in total. The van der Waals surface area contributed by atoms with Crippen LogP contribution in [0.25, 0.3) is 0 Å². The largest absolute Gasteiger partial charge is 0.392 e. The summed E-state index contributed by atoms with van der Waals surface area (Å²) in [6, 6.07) is 15.7. The molecule has 0 fully saturated rings. The Kier molecular flexibility index (Phi) is 6.18. The highest BCUT2D eigenvalue weighted by Crippen LogP contribution is 2.14. The summed E-state index contributed by atoms with van der Waals surface area (Å²) in [5.41, 5.74) is 4.20. The van der Waals surface area contributed by atoms with Crippen LogP contribution in [0.4, 0.5) is 4.79 Å². The minimum atomic E-state index is -0.197. The van der Waals surface area contributed by atoms with Crippen molar-refractivity contribution in [2.24, 2.45) is 0 Å². The van der Waals surface area contributed by atoms with Crippen LogP contribution in [0.3, 0.4) is 0 Å². The fourth-order valence-electron chi connectivity index (χ4n) is 2.38. The second-order valence-corrected chi connectivity index (χ2v) is 5.80. The van der Waals surface area contributed by atoms with E-state index in [0.29, 0.717) is 13.1 Å². The third-order valence-corrected chi connectivity index (χ3v) is 3.94. The summed E-state index contributed by atoms with van der Waals surface area (Å²) in [6.45, 7) is 5.11. The van der Waals surface area contributed by atoms with Crippen molar-refractivity contribution < 1.29 is 9.90 Å².